The van der Waals surface area contributed by atoms with Gasteiger partial charge in [-0.2, -0.15) is 0 Å². The Hall–Kier alpha value is -2.07. The number of hydrogen-bond donors (Lipinski definition) is 2. The molecule has 21 heavy (non-hydrogen) atoms. The van der Waals surface area contributed by atoms with E-state index in [9.17, 15) is 9.90 Å². The highest BCUT2D eigenvalue weighted by atomic mass is 16.3. The van der Waals surface area contributed by atoms with Gasteiger partial charge in [0.25, 0.3) is 5.91 Å². The number of aliphatic hydroxyl groups excluding tert-OH is 1. The lowest BCUT2D eigenvalue weighted by Crippen LogP contribution is -2.39. The van der Waals surface area contributed by atoms with Crippen LogP contribution in [0.25, 0.3) is 10.8 Å². The van der Waals surface area contributed by atoms with Crippen molar-refractivity contribution in [1.29, 1.82) is 0 Å². The average Bonchev–Trinajstić information content (AvgIpc) is 2.44. The van der Waals surface area contributed by atoms with Gasteiger partial charge in [-0.25, -0.2) is 0 Å². The highest BCUT2D eigenvalue weighted by Crippen LogP contribution is 2.29. The van der Waals surface area contributed by atoms with E-state index in [1.807, 2.05) is 36.4 Å². The van der Waals surface area contributed by atoms with E-state index < -0.39 is 0 Å². The summed E-state index contributed by atoms with van der Waals surface area (Å²) in [6.45, 7) is 0.669. The molecule has 0 unspecified atom stereocenters. The quantitative estimate of drug-likeness (QED) is 0.850. The van der Waals surface area contributed by atoms with Crippen molar-refractivity contribution in [1.82, 2.24) is 4.90 Å². The van der Waals surface area contributed by atoms with Crippen LogP contribution < -0.4 is 5.73 Å². The number of nitrogens with two attached hydrogens (primary N) is 1. The van der Waals surface area contributed by atoms with Crippen molar-refractivity contribution in [2.45, 2.75) is 18.9 Å². The van der Waals surface area contributed by atoms with E-state index in [0.717, 1.165) is 23.6 Å². The lowest BCUT2D eigenvalue weighted by atomic mass is 9.82. The van der Waals surface area contributed by atoms with Gasteiger partial charge >= 0.3 is 0 Å². The van der Waals surface area contributed by atoms with E-state index in [1.54, 1.807) is 11.9 Å². The van der Waals surface area contributed by atoms with Crippen molar-refractivity contribution in [2.24, 2.45) is 5.92 Å². The second kappa shape index (κ2) is 5.37. The third-order valence-corrected chi connectivity index (χ3v) is 4.24. The molecule has 1 amide bonds. The van der Waals surface area contributed by atoms with Crippen molar-refractivity contribution in [2.75, 3.05) is 19.3 Å². The second-order valence-electron chi connectivity index (χ2n) is 5.96. The predicted octanol–water partition coefficient (Wildman–Crippen LogP) is 2.26. The highest BCUT2D eigenvalue weighted by molar-refractivity contribution is 6.03. The molecular formula is C17H20N2O2. The first-order valence-electron chi connectivity index (χ1n) is 7.26. The zero-order valence-electron chi connectivity index (χ0n) is 12.1. The Labute approximate surface area is 124 Å². The number of carbonyl (C=O) groups is 1. The van der Waals surface area contributed by atoms with Crippen molar-refractivity contribution in [3.8, 4) is 0 Å². The SMILES string of the molecule is CN(CC1CC(O)C1)C(=O)c1cc2ccccc2cc1N. The highest BCUT2D eigenvalue weighted by Gasteiger charge is 2.29. The summed E-state index contributed by atoms with van der Waals surface area (Å²) in [4.78, 5) is 14.3. The molecule has 4 nitrogen and oxygen atoms in total. The van der Waals surface area contributed by atoms with Crippen molar-refractivity contribution in [3.05, 3.63) is 42.0 Å². The van der Waals surface area contributed by atoms with Gasteiger partial charge < -0.3 is 15.7 Å². The van der Waals surface area contributed by atoms with E-state index >= 15 is 0 Å². The minimum atomic E-state index is -0.191. The molecule has 1 aliphatic carbocycles. The average molecular weight is 284 g/mol. The molecule has 110 valence electrons. The number of hydrogen-bond acceptors (Lipinski definition) is 3. The van der Waals surface area contributed by atoms with Crippen LogP contribution in [0, 0.1) is 5.92 Å². The lowest BCUT2D eigenvalue weighted by Gasteiger charge is -2.34. The van der Waals surface area contributed by atoms with Crippen LogP contribution in [-0.2, 0) is 0 Å². The van der Waals surface area contributed by atoms with Gasteiger partial charge in [0.1, 0.15) is 0 Å². The molecule has 0 radical (unpaired) electrons. The largest absolute Gasteiger partial charge is 0.398 e. The molecule has 0 atom stereocenters. The number of nitrogens with zero attached hydrogens (tertiary/aromatic N) is 1. The van der Waals surface area contributed by atoms with Gasteiger partial charge in [0.2, 0.25) is 0 Å². The summed E-state index contributed by atoms with van der Waals surface area (Å²) in [7, 11) is 1.79. The smallest absolute Gasteiger partial charge is 0.255 e. The lowest BCUT2D eigenvalue weighted by molar-refractivity contribution is 0.0265. The van der Waals surface area contributed by atoms with E-state index in [1.165, 1.54) is 0 Å². The number of anilines is 1. The molecule has 2 aromatic rings. The number of amides is 1. The molecule has 0 heterocycles. The van der Waals surface area contributed by atoms with E-state index in [4.69, 9.17) is 5.73 Å². The van der Waals surface area contributed by atoms with Crippen molar-refractivity contribution < 1.29 is 9.90 Å². The van der Waals surface area contributed by atoms with Crippen LogP contribution in [0.15, 0.2) is 36.4 Å². The first-order chi connectivity index (χ1) is 10.0. The van der Waals surface area contributed by atoms with E-state index in [0.29, 0.717) is 23.7 Å². The summed E-state index contributed by atoms with van der Waals surface area (Å²) in [6, 6.07) is 11.6. The van der Waals surface area contributed by atoms with Gasteiger partial charge in [-0.1, -0.05) is 24.3 Å². The third kappa shape index (κ3) is 2.72. The molecule has 4 heteroatoms. The molecule has 2 aromatic carbocycles. The monoisotopic (exact) mass is 284 g/mol. The van der Waals surface area contributed by atoms with Gasteiger partial charge in [-0.3, -0.25) is 4.79 Å². The second-order valence-corrected chi connectivity index (χ2v) is 5.96. The van der Waals surface area contributed by atoms with Gasteiger partial charge in [0, 0.05) is 19.3 Å². The molecule has 1 aliphatic rings. The maximum absolute atomic E-state index is 12.5. The summed E-state index contributed by atoms with van der Waals surface area (Å²) < 4.78 is 0. The fraction of sp³-hybridized carbons (Fsp3) is 0.353. The fourth-order valence-corrected chi connectivity index (χ4v) is 2.97. The van der Waals surface area contributed by atoms with Crippen molar-refractivity contribution >= 4 is 22.4 Å². The van der Waals surface area contributed by atoms with Crippen LogP contribution in [0.5, 0.6) is 0 Å². The maximum Gasteiger partial charge on any atom is 0.255 e. The Morgan fingerprint density at radius 1 is 1.29 bits per heavy atom. The molecule has 0 bridgehead atoms. The van der Waals surface area contributed by atoms with Crippen LogP contribution in [0.1, 0.15) is 23.2 Å². The predicted molar refractivity (Wildman–Crippen MR) is 84.1 cm³/mol. The molecule has 3 N–H and O–H groups in total. The molecular weight excluding hydrogens is 264 g/mol. The van der Waals surface area contributed by atoms with Gasteiger partial charge in [-0.05, 0) is 41.7 Å². The minimum absolute atomic E-state index is 0.0559. The summed E-state index contributed by atoms with van der Waals surface area (Å²) in [5.41, 5.74) is 7.10. The molecule has 3 rings (SSSR count). The number of fused-ring (bicyclic) bond motifs is 1. The van der Waals surface area contributed by atoms with Crippen LogP contribution >= 0.6 is 0 Å². The topological polar surface area (TPSA) is 66.6 Å². The zero-order valence-corrected chi connectivity index (χ0v) is 12.1. The van der Waals surface area contributed by atoms with E-state index in [-0.39, 0.29) is 12.0 Å². The normalized spacial score (nSPS) is 21.0. The van der Waals surface area contributed by atoms with Crippen molar-refractivity contribution in [3.63, 3.8) is 0 Å². The Morgan fingerprint density at radius 3 is 2.52 bits per heavy atom. The first kappa shape index (κ1) is 13.9. The first-order valence-corrected chi connectivity index (χ1v) is 7.26. The van der Waals surface area contributed by atoms with Crippen LogP contribution in [-0.4, -0.2) is 35.6 Å². The Kier molecular flexibility index (Phi) is 3.55. The summed E-state index contributed by atoms with van der Waals surface area (Å²) in [6.07, 6.45) is 1.37. The summed E-state index contributed by atoms with van der Waals surface area (Å²) in [5.74, 6) is 0.343. The van der Waals surface area contributed by atoms with Crippen LogP contribution in [0.4, 0.5) is 5.69 Å². The molecule has 1 fully saturated rings. The number of carbonyl (C=O) groups excluding carboxylic acids is 1. The minimum Gasteiger partial charge on any atom is -0.398 e. The molecule has 1 saturated carbocycles. The zero-order chi connectivity index (χ0) is 15.0. The number of nitrogen functional groups attached to an aromatic ring is 1. The standard InChI is InChI=1S/C17H20N2O2/c1-19(10-11-6-14(20)7-11)17(21)15-8-12-4-2-3-5-13(12)9-16(15)18/h2-5,8-9,11,14,20H,6-7,10,18H2,1H3. The third-order valence-electron chi connectivity index (χ3n) is 4.24. The van der Waals surface area contributed by atoms with Gasteiger partial charge in [-0.15, -0.1) is 0 Å². The van der Waals surface area contributed by atoms with Crippen LogP contribution in [0.2, 0.25) is 0 Å². The Bertz CT molecular complexity index is 678. The molecule has 0 aromatic heterocycles. The fourth-order valence-electron chi connectivity index (χ4n) is 2.97. The van der Waals surface area contributed by atoms with Gasteiger partial charge in [0.15, 0.2) is 0 Å². The summed E-state index contributed by atoms with van der Waals surface area (Å²) >= 11 is 0. The van der Waals surface area contributed by atoms with E-state index in [2.05, 4.69) is 0 Å². The molecule has 0 spiro atoms. The Morgan fingerprint density at radius 2 is 1.90 bits per heavy atom. The maximum atomic E-state index is 12.5. The van der Waals surface area contributed by atoms with Crippen LogP contribution in [0.3, 0.4) is 0 Å². The number of rotatable bonds is 3. The van der Waals surface area contributed by atoms with Gasteiger partial charge in [0.05, 0.1) is 11.7 Å². The number of benzene rings is 2. The number of aliphatic hydroxyl groups is 1. The summed E-state index contributed by atoms with van der Waals surface area (Å²) in [5, 5.41) is 11.4. The molecule has 0 saturated heterocycles. The Balaban J connectivity index is 1.81. The molecule has 0 aliphatic heterocycles.